The number of hydrogen-bond acceptors (Lipinski definition) is 4. The molecule has 3 aromatic rings. The average molecular weight is 363 g/mol. The molecule has 136 valence electrons. The Morgan fingerprint density at radius 1 is 1.12 bits per heavy atom. The van der Waals surface area contributed by atoms with Gasteiger partial charge in [-0.25, -0.2) is 4.79 Å². The van der Waals surface area contributed by atoms with E-state index in [1.54, 1.807) is 6.07 Å². The van der Waals surface area contributed by atoms with Crippen LogP contribution in [0, 0.1) is 0 Å². The van der Waals surface area contributed by atoms with Crippen LogP contribution in [0.15, 0.2) is 51.7 Å². The van der Waals surface area contributed by atoms with Gasteiger partial charge in [0.15, 0.2) is 0 Å². The summed E-state index contributed by atoms with van der Waals surface area (Å²) in [5.74, 6) is 0.0335. The molecule has 2 N–H and O–H groups in total. The number of phenols is 1. The van der Waals surface area contributed by atoms with Gasteiger partial charge in [-0.2, -0.15) is 13.2 Å². The van der Waals surface area contributed by atoms with Crippen LogP contribution >= 0.6 is 0 Å². The lowest BCUT2D eigenvalue weighted by atomic mass is 10.0. The van der Waals surface area contributed by atoms with Crippen molar-refractivity contribution in [2.75, 3.05) is 5.32 Å². The molecular weight excluding hydrogens is 347 g/mol. The van der Waals surface area contributed by atoms with Crippen molar-refractivity contribution < 1.29 is 22.7 Å². The lowest BCUT2D eigenvalue weighted by Gasteiger charge is -2.12. The molecule has 7 heteroatoms. The first-order valence-electron chi connectivity index (χ1n) is 7.97. The van der Waals surface area contributed by atoms with Gasteiger partial charge in [0.25, 0.3) is 0 Å². The number of nitrogens with one attached hydrogen (secondary N) is 1. The largest absolute Gasteiger partial charge is 0.508 e. The van der Waals surface area contributed by atoms with Crippen LogP contribution in [0.2, 0.25) is 0 Å². The zero-order valence-corrected chi connectivity index (χ0v) is 13.9. The molecule has 0 bridgehead atoms. The van der Waals surface area contributed by atoms with E-state index in [4.69, 9.17) is 4.42 Å². The molecule has 0 saturated heterocycles. The summed E-state index contributed by atoms with van der Waals surface area (Å²) in [6.07, 6.45) is -3.84. The maximum atomic E-state index is 12.8. The van der Waals surface area contributed by atoms with Crippen molar-refractivity contribution in [2.45, 2.75) is 26.1 Å². The second kappa shape index (κ2) is 6.74. The summed E-state index contributed by atoms with van der Waals surface area (Å²) in [6.45, 7) is 2.01. The van der Waals surface area contributed by atoms with Gasteiger partial charge in [0.1, 0.15) is 11.3 Å². The van der Waals surface area contributed by atoms with E-state index < -0.39 is 17.4 Å². The third-order valence-electron chi connectivity index (χ3n) is 4.08. The molecule has 2 aromatic carbocycles. The Bertz CT molecular complexity index is 1010. The van der Waals surface area contributed by atoms with Crippen molar-refractivity contribution in [3.05, 3.63) is 69.6 Å². The summed E-state index contributed by atoms with van der Waals surface area (Å²) >= 11 is 0. The number of benzene rings is 2. The molecule has 0 amide bonds. The monoisotopic (exact) mass is 363 g/mol. The molecule has 0 atom stereocenters. The van der Waals surface area contributed by atoms with E-state index >= 15 is 0 Å². The summed E-state index contributed by atoms with van der Waals surface area (Å²) in [5.41, 5.74) is 0.430. The molecule has 0 saturated carbocycles. The van der Waals surface area contributed by atoms with Gasteiger partial charge in [-0.1, -0.05) is 13.0 Å². The van der Waals surface area contributed by atoms with Gasteiger partial charge in [-0.05, 0) is 41.8 Å². The zero-order chi connectivity index (χ0) is 18.9. The van der Waals surface area contributed by atoms with Crippen LogP contribution in [0.25, 0.3) is 11.0 Å². The van der Waals surface area contributed by atoms with Crippen molar-refractivity contribution in [2.24, 2.45) is 0 Å². The fourth-order valence-corrected chi connectivity index (χ4v) is 2.74. The van der Waals surface area contributed by atoms with E-state index in [0.29, 0.717) is 22.9 Å². The maximum absolute atomic E-state index is 12.8. The third kappa shape index (κ3) is 3.66. The van der Waals surface area contributed by atoms with Crippen LogP contribution in [-0.4, -0.2) is 5.11 Å². The first-order valence-corrected chi connectivity index (χ1v) is 7.97. The third-order valence-corrected chi connectivity index (χ3v) is 4.08. The SMILES string of the molecule is CCc1cc2c(CNc3cccc(C(F)(F)F)c3)cc(=O)oc2cc1O. The van der Waals surface area contributed by atoms with Crippen LogP contribution in [0.3, 0.4) is 0 Å². The number of rotatable bonds is 4. The Balaban J connectivity index is 1.95. The predicted octanol–water partition coefficient (Wildman–Crippen LogP) is 4.69. The first kappa shape index (κ1) is 17.8. The van der Waals surface area contributed by atoms with Gasteiger partial charge >= 0.3 is 11.8 Å². The van der Waals surface area contributed by atoms with Crippen molar-refractivity contribution >= 4 is 16.7 Å². The summed E-state index contributed by atoms with van der Waals surface area (Å²) in [5, 5.41) is 13.4. The number of aromatic hydroxyl groups is 1. The zero-order valence-electron chi connectivity index (χ0n) is 13.9. The molecule has 0 aliphatic rings. The average Bonchev–Trinajstić information content (AvgIpc) is 2.58. The predicted molar refractivity (Wildman–Crippen MR) is 92.3 cm³/mol. The number of fused-ring (bicyclic) bond motifs is 1. The van der Waals surface area contributed by atoms with E-state index in [0.717, 1.165) is 12.1 Å². The molecule has 0 unspecified atom stereocenters. The van der Waals surface area contributed by atoms with Gasteiger partial charge < -0.3 is 14.8 Å². The molecule has 0 radical (unpaired) electrons. The molecule has 0 spiro atoms. The van der Waals surface area contributed by atoms with Crippen LogP contribution in [0.5, 0.6) is 5.75 Å². The number of anilines is 1. The Kier molecular flexibility index (Phi) is 4.63. The Morgan fingerprint density at radius 3 is 2.58 bits per heavy atom. The number of phenolic OH excluding ortho intramolecular Hbond substituents is 1. The number of alkyl halides is 3. The van der Waals surface area contributed by atoms with Crippen LogP contribution < -0.4 is 10.9 Å². The molecular formula is C19H16F3NO3. The molecule has 0 aliphatic carbocycles. The highest BCUT2D eigenvalue weighted by atomic mass is 19.4. The molecule has 26 heavy (non-hydrogen) atoms. The standard InChI is InChI=1S/C19H16F3NO3/c1-2-11-6-15-12(7-18(25)26-17(15)9-16(11)24)10-23-14-5-3-4-13(8-14)19(20,21)22/h3-9,23-24H,2,10H2,1H3. The summed E-state index contributed by atoms with van der Waals surface area (Å²) in [6, 6.07) is 9.23. The van der Waals surface area contributed by atoms with E-state index in [-0.39, 0.29) is 23.6 Å². The Hall–Kier alpha value is -2.96. The summed E-state index contributed by atoms with van der Waals surface area (Å²) in [7, 11) is 0. The number of halogens is 3. The highest BCUT2D eigenvalue weighted by Gasteiger charge is 2.30. The first-order chi connectivity index (χ1) is 12.3. The number of aryl methyl sites for hydroxylation is 1. The Morgan fingerprint density at radius 2 is 1.88 bits per heavy atom. The molecule has 0 fully saturated rings. The van der Waals surface area contributed by atoms with Gasteiger partial charge in [-0.15, -0.1) is 0 Å². The Labute approximate surface area is 146 Å². The minimum absolute atomic E-state index is 0.0335. The van der Waals surface area contributed by atoms with Gasteiger partial charge in [0.05, 0.1) is 5.56 Å². The smallest absolute Gasteiger partial charge is 0.416 e. The van der Waals surface area contributed by atoms with Crippen molar-refractivity contribution in [3.63, 3.8) is 0 Å². The van der Waals surface area contributed by atoms with E-state index in [9.17, 15) is 23.1 Å². The fraction of sp³-hybridized carbons (Fsp3) is 0.211. The van der Waals surface area contributed by atoms with Gasteiger partial charge in [0.2, 0.25) is 0 Å². The van der Waals surface area contributed by atoms with Gasteiger partial charge in [-0.3, -0.25) is 0 Å². The van der Waals surface area contributed by atoms with Gasteiger partial charge in [0, 0.05) is 29.8 Å². The molecule has 1 heterocycles. The van der Waals surface area contributed by atoms with Crippen molar-refractivity contribution in [3.8, 4) is 5.75 Å². The minimum Gasteiger partial charge on any atom is -0.508 e. The van der Waals surface area contributed by atoms with E-state index in [2.05, 4.69) is 5.32 Å². The van der Waals surface area contributed by atoms with Crippen molar-refractivity contribution in [1.82, 2.24) is 0 Å². The second-order valence-corrected chi connectivity index (χ2v) is 5.85. The topological polar surface area (TPSA) is 62.5 Å². The quantitative estimate of drug-likeness (QED) is 0.660. The van der Waals surface area contributed by atoms with Crippen molar-refractivity contribution in [1.29, 1.82) is 0 Å². The molecule has 1 aromatic heterocycles. The van der Waals surface area contributed by atoms with E-state index in [1.807, 2.05) is 6.92 Å². The lowest BCUT2D eigenvalue weighted by Crippen LogP contribution is -2.08. The molecule has 0 aliphatic heterocycles. The maximum Gasteiger partial charge on any atom is 0.416 e. The van der Waals surface area contributed by atoms with E-state index in [1.165, 1.54) is 24.3 Å². The second-order valence-electron chi connectivity index (χ2n) is 5.85. The summed E-state index contributed by atoms with van der Waals surface area (Å²) < 4.78 is 43.5. The fourth-order valence-electron chi connectivity index (χ4n) is 2.74. The lowest BCUT2D eigenvalue weighted by molar-refractivity contribution is -0.137. The molecule has 3 rings (SSSR count). The summed E-state index contributed by atoms with van der Waals surface area (Å²) in [4.78, 5) is 11.7. The normalized spacial score (nSPS) is 11.7. The number of hydrogen-bond donors (Lipinski definition) is 2. The highest BCUT2D eigenvalue weighted by Crippen LogP contribution is 2.31. The minimum atomic E-state index is -4.42. The van der Waals surface area contributed by atoms with Crippen LogP contribution in [-0.2, 0) is 19.1 Å². The van der Waals surface area contributed by atoms with Crippen LogP contribution in [0.4, 0.5) is 18.9 Å². The highest BCUT2D eigenvalue weighted by molar-refractivity contribution is 5.83. The molecule has 4 nitrogen and oxygen atoms in total. The van der Waals surface area contributed by atoms with Crippen LogP contribution in [0.1, 0.15) is 23.6 Å².